The average molecular weight is 778 g/mol. The molecule has 0 unspecified atom stereocenters. The van der Waals surface area contributed by atoms with Crippen molar-refractivity contribution in [1.82, 2.24) is 5.32 Å². The van der Waals surface area contributed by atoms with E-state index < -0.39 is 17.8 Å². The molecule has 0 atom stereocenters. The largest absolute Gasteiger partial charge is 0.490 e. The number of ether oxygens (including phenoxy) is 3. The molecule has 1 saturated heterocycles. The lowest BCUT2D eigenvalue weighted by molar-refractivity contribution is -0.122. The fraction of sp³-hybridized carbons (Fsp3) is 0.121. The van der Waals surface area contributed by atoms with E-state index in [0.29, 0.717) is 48.1 Å². The molecule has 4 aromatic rings. The SMILES string of the molecule is CCOc1cc(/C=C2\C(=O)NC(=O)N(c3ccc(OCc4ccc(Cl)cc4Cl)cc3)C2=O)cc(I)c1OCc1ccccc1Cl. The van der Waals surface area contributed by atoms with Crippen molar-refractivity contribution in [3.63, 3.8) is 0 Å². The van der Waals surface area contributed by atoms with Gasteiger partial charge in [0.25, 0.3) is 11.8 Å². The van der Waals surface area contributed by atoms with E-state index in [0.717, 1.165) is 16.0 Å². The lowest BCUT2D eigenvalue weighted by Crippen LogP contribution is -2.54. The summed E-state index contributed by atoms with van der Waals surface area (Å²) < 4.78 is 18.4. The number of hydrogen-bond acceptors (Lipinski definition) is 6. The molecule has 1 aliphatic rings. The highest BCUT2D eigenvalue weighted by molar-refractivity contribution is 14.1. The van der Waals surface area contributed by atoms with E-state index in [1.165, 1.54) is 6.08 Å². The number of rotatable bonds is 10. The molecule has 0 aliphatic carbocycles. The number of nitrogens with one attached hydrogen (secondary N) is 1. The van der Waals surface area contributed by atoms with E-state index in [4.69, 9.17) is 49.0 Å². The maximum absolute atomic E-state index is 13.5. The molecule has 230 valence electrons. The van der Waals surface area contributed by atoms with Crippen LogP contribution in [0.4, 0.5) is 10.5 Å². The summed E-state index contributed by atoms with van der Waals surface area (Å²) in [5, 5.41) is 3.81. The highest BCUT2D eigenvalue weighted by atomic mass is 127. The van der Waals surface area contributed by atoms with Crippen LogP contribution in [0.5, 0.6) is 17.2 Å². The lowest BCUT2D eigenvalue weighted by Gasteiger charge is -2.26. The minimum Gasteiger partial charge on any atom is -0.490 e. The molecular formula is C33H24Cl3IN2O6. The van der Waals surface area contributed by atoms with Gasteiger partial charge >= 0.3 is 6.03 Å². The predicted molar refractivity (Wildman–Crippen MR) is 182 cm³/mol. The second-order valence-corrected chi connectivity index (χ2v) is 12.0. The van der Waals surface area contributed by atoms with Crippen LogP contribution in [-0.4, -0.2) is 24.5 Å². The van der Waals surface area contributed by atoms with Crippen LogP contribution in [0.2, 0.25) is 15.1 Å². The summed E-state index contributed by atoms with van der Waals surface area (Å²) in [5.41, 5.74) is 2.08. The first kappa shape index (κ1) is 32.6. The van der Waals surface area contributed by atoms with Crippen molar-refractivity contribution in [2.45, 2.75) is 20.1 Å². The van der Waals surface area contributed by atoms with Crippen LogP contribution in [0.1, 0.15) is 23.6 Å². The van der Waals surface area contributed by atoms with Crippen LogP contribution >= 0.6 is 57.4 Å². The van der Waals surface area contributed by atoms with Gasteiger partial charge in [-0.3, -0.25) is 14.9 Å². The van der Waals surface area contributed by atoms with E-state index in [2.05, 4.69) is 27.9 Å². The zero-order valence-electron chi connectivity index (χ0n) is 23.6. The molecule has 45 heavy (non-hydrogen) atoms. The van der Waals surface area contributed by atoms with Crippen LogP contribution in [-0.2, 0) is 22.8 Å². The first-order chi connectivity index (χ1) is 21.6. The van der Waals surface area contributed by atoms with Crippen LogP contribution in [0.3, 0.4) is 0 Å². The Morgan fingerprint density at radius 3 is 2.24 bits per heavy atom. The minimum atomic E-state index is -0.864. The Labute approximate surface area is 287 Å². The van der Waals surface area contributed by atoms with Crippen molar-refractivity contribution < 1.29 is 28.6 Å². The van der Waals surface area contributed by atoms with E-state index in [9.17, 15) is 14.4 Å². The molecule has 1 N–H and O–H groups in total. The Morgan fingerprint density at radius 1 is 0.822 bits per heavy atom. The number of nitrogens with zero attached hydrogens (tertiary/aromatic N) is 1. The Kier molecular flexibility index (Phi) is 10.5. The second-order valence-electron chi connectivity index (χ2n) is 9.62. The van der Waals surface area contributed by atoms with Gasteiger partial charge in [-0.1, -0.05) is 59.1 Å². The highest BCUT2D eigenvalue weighted by Gasteiger charge is 2.37. The fourth-order valence-corrected chi connectivity index (χ4v) is 5.82. The third kappa shape index (κ3) is 7.73. The van der Waals surface area contributed by atoms with E-state index in [-0.39, 0.29) is 24.5 Å². The number of barbiturate groups is 1. The van der Waals surface area contributed by atoms with E-state index in [1.54, 1.807) is 60.7 Å². The first-order valence-electron chi connectivity index (χ1n) is 13.6. The van der Waals surface area contributed by atoms with Crippen LogP contribution in [0.15, 0.2) is 84.4 Å². The zero-order valence-corrected chi connectivity index (χ0v) is 28.0. The first-order valence-corrected chi connectivity index (χ1v) is 15.8. The lowest BCUT2D eigenvalue weighted by atomic mass is 10.1. The van der Waals surface area contributed by atoms with Crippen LogP contribution in [0.25, 0.3) is 6.08 Å². The number of benzene rings is 4. The van der Waals surface area contributed by atoms with Gasteiger partial charge in [0.15, 0.2) is 11.5 Å². The number of amides is 4. The Hall–Kier alpha value is -3.77. The predicted octanol–water partition coefficient (Wildman–Crippen LogP) is 8.47. The van der Waals surface area contributed by atoms with Gasteiger partial charge in [0.1, 0.15) is 24.5 Å². The van der Waals surface area contributed by atoms with E-state index in [1.807, 2.05) is 25.1 Å². The molecule has 0 aromatic heterocycles. The maximum Gasteiger partial charge on any atom is 0.335 e. The smallest absolute Gasteiger partial charge is 0.335 e. The second kappa shape index (κ2) is 14.6. The zero-order chi connectivity index (χ0) is 32.1. The molecule has 1 aliphatic heterocycles. The summed E-state index contributed by atoms with van der Waals surface area (Å²) in [4.78, 5) is 40.0. The fourth-order valence-electron chi connectivity index (χ4n) is 4.39. The molecule has 0 spiro atoms. The summed E-state index contributed by atoms with van der Waals surface area (Å²) in [6, 6.07) is 21.3. The Balaban J connectivity index is 1.36. The normalized spacial score (nSPS) is 14.0. The van der Waals surface area contributed by atoms with Crippen molar-refractivity contribution >= 4 is 87.0 Å². The van der Waals surface area contributed by atoms with Crippen molar-refractivity contribution in [3.05, 3.63) is 120 Å². The summed E-state index contributed by atoms with van der Waals surface area (Å²) in [5.74, 6) is -0.187. The van der Waals surface area contributed by atoms with Gasteiger partial charge in [-0.05, 0) is 95.8 Å². The van der Waals surface area contributed by atoms with Crippen molar-refractivity contribution in [2.24, 2.45) is 0 Å². The molecule has 0 bridgehead atoms. The number of imide groups is 2. The van der Waals surface area contributed by atoms with Crippen LogP contribution < -0.4 is 24.4 Å². The molecular weight excluding hydrogens is 754 g/mol. The molecule has 5 rings (SSSR count). The van der Waals surface area contributed by atoms with Crippen molar-refractivity contribution in [2.75, 3.05) is 11.5 Å². The van der Waals surface area contributed by atoms with Gasteiger partial charge in [-0.2, -0.15) is 0 Å². The monoisotopic (exact) mass is 776 g/mol. The summed E-state index contributed by atoms with van der Waals surface area (Å²) in [7, 11) is 0. The number of halogens is 4. The topological polar surface area (TPSA) is 94.2 Å². The van der Waals surface area contributed by atoms with Gasteiger partial charge in [-0.15, -0.1) is 0 Å². The molecule has 0 radical (unpaired) electrons. The number of hydrogen-bond donors (Lipinski definition) is 1. The van der Waals surface area contributed by atoms with E-state index >= 15 is 0 Å². The molecule has 1 heterocycles. The Morgan fingerprint density at radius 2 is 1.53 bits per heavy atom. The van der Waals surface area contributed by atoms with Gasteiger partial charge in [0, 0.05) is 26.2 Å². The number of urea groups is 1. The molecule has 12 heteroatoms. The third-order valence-electron chi connectivity index (χ3n) is 6.58. The Bertz CT molecular complexity index is 1810. The van der Waals surface area contributed by atoms with Gasteiger partial charge in [0.05, 0.1) is 15.9 Å². The number of carbonyl (C=O) groups is 3. The standard InChI is InChI=1S/C33H24Cl3IN2O6/c1-2-43-29-15-19(14-28(37)30(29)45-18-20-5-3-4-6-26(20)35)13-25-31(40)38-33(42)39(32(25)41)23-9-11-24(12-10-23)44-17-21-7-8-22(34)16-27(21)36/h3-16H,2,17-18H2,1H3,(H,38,40,42)/b25-13+. The third-order valence-corrected chi connectivity index (χ3v) is 8.34. The minimum absolute atomic E-state index is 0.187. The van der Waals surface area contributed by atoms with Gasteiger partial charge < -0.3 is 14.2 Å². The molecule has 8 nitrogen and oxygen atoms in total. The maximum atomic E-state index is 13.5. The highest BCUT2D eigenvalue weighted by Crippen LogP contribution is 2.36. The summed E-state index contributed by atoms with van der Waals surface area (Å²) in [6.45, 7) is 2.59. The van der Waals surface area contributed by atoms with Crippen LogP contribution in [0, 0.1) is 3.57 Å². The van der Waals surface area contributed by atoms with Crippen molar-refractivity contribution in [1.29, 1.82) is 0 Å². The molecule has 1 fully saturated rings. The van der Waals surface area contributed by atoms with Gasteiger partial charge in [0.2, 0.25) is 0 Å². The number of anilines is 1. The van der Waals surface area contributed by atoms with Gasteiger partial charge in [-0.25, -0.2) is 9.69 Å². The molecule has 4 aromatic carbocycles. The average Bonchev–Trinajstić information content (AvgIpc) is 3.00. The molecule has 0 saturated carbocycles. The number of carbonyl (C=O) groups excluding carboxylic acids is 3. The summed E-state index contributed by atoms with van der Waals surface area (Å²) >= 11 is 20.5. The molecule has 4 amide bonds. The quantitative estimate of drug-likeness (QED) is 0.0987. The summed E-state index contributed by atoms with van der Waals surface area (Å²) in [6.07, 6.45) is 1.41. The van der Waals surface area contributed by atoms with Crippen molar-refractivity contribution in [3.8, 4) is 17.2 Å².